The third kappa shape index (κ3) is 2.28. The van der Waals surface area contributed by atoms with Crippen LogP contribution in [0.5, 0.6) is 0 Å². The minimum Gasteiger partial charge on any atom is -0.395 e. The Morgan fingerprint density at radius 1 is 1.32 bits per heavy atom. The van der Waals surface area contributed by atoms with Gasteiger partial charge in [0, 0.05) is 28.7 Å². The van der Waals surface area contributed by atoms with Crippen LogP contribution >= 0.6 is 0 Å². The molecule has 0 saturated heterocycles. The normalized spacial score (nSPS) is 22.6. The predicted octanol–water partition coefficient (Wildman–Crippen LogP) is 2.91. The summed E-state index contributed by atoms with van der Waals surface area (Å²) in [7, 11) is 0. The number of nitrogens with one attached hydrogen (secondary N) is 2. The third-order valence-corrected chi connectivity index (χ3v) is 4.15. The van der Waals surface area contributed by atoms with E-state index in [4.69, 9.17) is 0 Å². The van der Waals surface area contributed by atoms with Crippen LogP contribution in [0.4, 0.5) is 0 Å². The van der Waals surface area contributed by atoms with Gasteiger partial charge in [-0.3, -0.25) is 0 Å². The van der Waals surface area contributed by atoms with Gasteiger partial charge in [-0.15, -0.1) is 0 Å². The zero-order valence-electron chi connectivity index (χ0n) is 11.4. The molecule has 3 N–H and O–H groups in total. The lowest BCUT2D eigenvalue weighted by Crippen LogP contribution is -2.41. The van der Waals surface area contributed by atoms with Crippen LogP contribution in [0.15, 0.2) is 24.3 Å². The van der Waals surface area contributed by atoms with Crippen molar-refractivity contribution in [1.82, 2.24) is 10.3 Å². The Balaban J connectivity index is 2.02. The summed E-state index contributed by atoms with van der Waals surface area (Å²) in [5.41, 5.74) is 3.95. The van der Waals surface area contributed by atoms with Crippen molar-refractivity contribution in [1.29, 1.82) is 0 Å². The van der Waals surface area contributed by atoms with E-state index in [-0.39, 0.29) is 12.6 Å². The maximum atomic E-state index is 9.50. The summed E-state index contributed by atoms with van der Waals surface area (Å²) in [6.45, 7) is 2.43. The number of aliphatic hydroxyl groups excluding tert-OH is 1. The monoisotopic (exact) mass is 258 g/mol. The molecule has 0 fully saturated rings. The molecule has 3 heteroatoms. The quantitative estimate of drug-likeness (QED) is 0.789. The van der Waals surface area contributed by atoms with Gasteiger partial charge in [-0.25, -0.2) is 0 Å². The van der Waals surface area contributed by atoms with Crippen LogP contribution in [-0.4, -0.2) is 22.7 Å². The number of benzene rings is 1. The van der Waals surface area contributed by atoms with Crippen LogP contribution in [0.3, 0.4) is 0 Å². The Hall–Kier alpha value is -1.32. The molecule has 1 aromatic carbocycles. The molecule has 102 valence electrons. The first-order valence-electron chi connectivity index (χ1n) is 7.30. The average Bonchev–Trinajstić information content (AvgIpc) is 2.83. The first kappa shape index (κ1) is 12.7. The van der Waals surface area contributed by atoms with E-state index in [0.717, 1.165) is 12.8 Å². The molecular weight excluding hydrogens is 236 g/mol. The Morgan fingerprint density at radius 2 is 2.16 bits per heavy atom. The lowest BCUT2D eigenvalue weighted by molar-refractivity contribution is 0.219. The molecule has 19 heavy (non-hydrogen) atoms. The van der Waals surface area contributed by atoms with Gasteiger partial charge in [0.05, 0.1) is 6.61 Å². The summed E-state index contributed by atoms with van der Waals surface area (Å²) in [6, 6.07) is 9.03. The second-order valence-electron chi connectivity index (χ2n) is 5.51. The first-order chi connectivity index (χ1) is 9.33. The topological polar surface area (TPSA) is 48.0 Å². The van der Waals surface area contributed by atoms with Gasteiger partial charge in [0.25, 0.3) is 0 Å². The SMILES string of the molecule is CCCC[C@@H]1N[C@@H](CO)Cc2c1[nH]c1ccccc21. The van der Waals surface area contributed by atoms with Gasteiger partial charge in [0.2, 0.25) is 0 Å². The number of rotatable bonds is 4. The molecule has 1 aliphatic heterocycles. The number of aromatic nitrogens is 1. The molecule has 0 unspecified atom stereocenters. The number of aromatic amines is 1. The summed E-state index contributed by atoms with van der Waals surface area (Å²) in [4.78, 5) is 3.58. The maximum absolute atomic E-state index is 9.50. The molecule has 0 amide bonds. The predicted molar refractivity (Wildman–Crippen MR) is 78.3 cm³/mol. The van der Waals surface area contributed by atoms with Crippen molar-refractivity contribution in [2.24, 2.45) is 0 Å². The zero-order valence-corrected chi connectivity index (χ0v) is 11.4. The van der Waals surface area contributed by atoms with E-state index >= 15 is 0 Å². The second-order valence-corrected chi connectivity index (χ2v) is 5.51. The minimum absolute atomic E-state index is 0.188. The number of hydrogen-bond acceptors (Lipinski definition) is 2. The first-order valence-corrected chi connectivity index (χ1v) is 7.30. The van der Waals surface area contributed by atoms with E-state index < -0.39 is 0 Å². The third-order valence-electron chi connectivity index (χ3n) is 4.15. The number of aliphatic hydroxyl groups is 1. The smallest absolute Gasteiger partial charge is 0.0588 e. The molecule has 0 aliphatic carbocycles. The lowest BCUT2D eigenvalue weighted by Gasteiger charge is -2.30. The van der Waals surface area contributed by atoms with Gasteiger partial charge in [-0.05, 0) is 24.5 Å². The zero-order chi connectivity index (χ0) is 13.2. The Kier molecular flexibility index (Phi) is 3.58. The highest BCUT2D eigenvalue weighted by molar-refractivity contribution is 5.85. The van der Waals surface area contributed by atoms with Gasteiger partial charge in [0.1, 0.15) is 0 Å². The molecule has 1 aromatic heterocycles. The van der Waals surface area contributed by atoms with Crippen LogP contribution < -0.4 is 5.32 Å². The van der Waals surface area contributed by atoms with Crippen LogP contribution in [-0.2, 0) is 6.42 Å². The lowest BCUT2D eigenvalue weighted by atomic mass is 9.92. The van der Waals surface area contributed by atoms with Gasteiger partial charge in [0.15, 0.2) is 0 Å². The van der Waals surface area contributed by atoms with E-state index in [2.05, 4.69) is 41.5 Å². The molecule has 0 radical (unpaired) electrons. The average molecular weight is 258 g/mol. The summed E-state index contributed by atoms with van der Waals surface area (Å²) < 4.78 is 0. The number of H-pyrrole nitrogens is 1. The van der Waals surface area contributed by atoms with Gasteiger partial charge in [-0.1, -0.05) is 38.0 Å². The highest BCUT2D eigenvalue weighted by atomic mass is 16.3. The van der Waals surface area contributed by atoms with Crippen molar-refractivity contribution >= 4 is 10.9 Å². The molecular formula is C16H22N2O. The van der Waals surface area contributed by atoms with Gasteiger partial charge >= 0.3 is 0 Å². The number of fused-ring (bicyclic) bond motifs is 3. The molecule has 0 spiro atoms. The highest BCUT2D eigenvalue weighted by Gasteiger charge is 2.28. The van der Waals surface area contributed by atoms with E-state index in [0.29, 0.717) is 6.04 Å². The van der Waals surface area contributed by atoms with E-state index in [1.54, 1.807) is 0 Å². The highest BCUT2D eigenvalue weighted by Crippen LogP contribution is 2.33. The van der Waals surface area contributed by atoms with Crippen molar-refractivity contribution in [3.63, 3.8) is 0 Å². The van der Waals surface area contributed by atoms with Crippen LogP contribution in [0.2, 0.25) is 0 Å². The van der Waals surface area contributed by atoms with Crippen molar-refractivity contribution in [2.75, 3.05) is 6.61 Å². The molecule has 3 nitrogen and oxygen atoms in total. The summed E-state index contributed by atoms with van der Waals surface area (Å²) in [6.07, 6.45) is 4.47. The van der Waals surface area contributed by atoms with Crippen LogP contribution in [0.25, 0.3) is 10.9 Å². The maximum Gasteiger partial charge on any atom is 0.0588 e. The number of hydrogen-bond donors (Lipinski definition) is 3. The summed E-state index contributed by atoms with van der Waals surface area (Å²) in [5.74, 6) is 0. The summed E-state index contributed by atoms with van der Waals surface area (Å²) in [5, 5.41) is 14.4. The van der Waals surface area contributed by atoms with E-state index in [1.807, 2.05) is 0 Å². The molecule has 2 aromatic rings. The van der Waals surface area contributed by atoms with Gasteiger partial charge < -0.3 is 15.4 Å². The second kappa shape index (κ2) is 5.35. The minimum atomic E-state index is 0.188. The molecule has 2 atom stereocenters. The van der Waals surface area contributed by atoms with Crippen molar-refractivity contribution in [2.45, 2.75) is 44.7 Å². The van der Waals surface area contributed by atoms with Crippen LogP contribution in [0, 0.1) is 0 Å². The fourth-order valence-electron chi connectivity index (χ4n) is 3.16. The van der Waals surface area contributed by atoms with Gasteiger partial charge in [-0.2, -0.15) is 0 Å². The fourth-order valence-corrected chi connectivity index (χ4v) is 3.16. The molecule has 0 saturated carbocycles. The molecule has 2 heterocycles. The Bertz CT molecular complexity index is 561. The van der Waals surface area contributed by atoms with Crippen molar-refractivity contribution in [3.8, 4) is 0 Å². The van der Waals surface area contributed by atoms with Crippen molar-refractivity contribution < 1.29 is 5.11 Å². The number of unbranched alkanes of at least 4 members (excludes halogenated alkanes) is 1. The molecule has 0 bridgehead atoms. The van der Waals surface area contributed by atoms with Crippen LogP contribution in [0.1, 0.15) is 43.5 Å². The van der Waals surface area contributed by atoms with E-state index in [1.165, 1.54) is 35.0 Å². The largest absolute Gasteiger partial charge is 0.395 e. The standard InChI is InChI=1S/C16H22N2O/c1-2-3-7-15-16-13(9-11(10-19)17-15)12-6-4-5-8-14(12)18-16/h4-6,8,11,15,17-19H,2-3,7,9-10H2,1H3/t11-,15+/m1/s1. The fraction of sp³-hybridized carbons (Fsp3) is 0.500. The van der Waals surface area contributed by atoms with E-state index in [9.17, 15) is 5.11 Å². The summed E-state index contributed by atoms with van der Waals surface area (Å²) >= 11 is 0. The Morgan fingerprint density at radius 3 is 2.95 bits per heavy atom. The number of para-hydroxylation sites is 1. The van der Waals surface area contributed by atoms with Crippen molar-refractivity contribution in [3.05, 3.63) is 35.5 Å². The Labute approximate surface area is 114 Å². The molecule has 3 rings (SSSR count). The molecule has 1 aliphatic rings.